The average molecular weight is 389 g/mol. The highest BCUT2D eigenvalue weighted by Crippen LogP contribution is 2.31. The van der Waals surface area contributed by atoms with E-state index in [4.69, 9.17) is 4.74 Å². The van der Waals surface area contributed by atoms with Crippen molar-refractivity contribution in [2.75, 3.05) is 17.7 Å². The number of amides is 3. The van der Waals surface area contributed by atoms with Crippen LogP contribution in [0.4, 0.5) is 10.1 Å². The fourth-order valence-corrected chi connectivity index (χ4v) is 3.21. The van der Waals surface area contributed by atoms with E-state index in [0.717, 1.165) is 4.90 Å². The molecule has 0 fully saturated rings. The quantitative estimate of drug-likeness (QED) is 0.696. The van der Waals surface area contributed by atoms with E-state index in [9.17, 15) is 18.8 Å². The van der Waals surface area contributed by atoms with E-state index in [2.05, 4.69) is 16.2 Å². The molecule has 2 aromatic carbocycles. The number of halogens is 1. The Balaban J connectivity index is 1.52. The molecule has 9 heteroatoms. The maximum Gasteiger partial charge on any atom is 0.276 e. The first-order chi connectivity index (χ1) is 13.0. The van der Waals surface area contributed by atoms with Gasteiger partial charge in [0.05, 0.1) is 5.69 Å². The van der Waals surface area contributed by atoms with Gasteiger partial charge < -0.3 is 10.1 Å². The number of carbonyl (C=O) groups is 3. The number of hydrazine groups is 1. The number of hydrogen-bond donors (Lipinski definition) is 3. The molecule has 0 spiro atoms. The molecule has 0 saturated heterocycles. The van der Waals surface area contributed by atoms with E-state index in [1.54, 1.807) is 18.2 Å². The van der Waals surface area contributed by atoms with Gasteiger partial charge in [0.2, 0.25) is 5.91 Å². The van der Waals surface area contributed by atoms with Crippen molar-refractivity contribution in [3.8, 4) is 5.75 Å². The van der Waals surface area contributed by atoms with Crippen molar-refractivity contribution in [2.24, 2.45) is 0 Å². The van der Waals surface area contributed by atoms with Crippen LogP contribution in [0.3, 0.4) is 0 Å². The van der Waals surface area contributed by atoms with Crippen molar-refractivity contribution in [1.82, 2.24) is 10.9 Å². The Hall–Kier alpha value is -3.07. The second-order valence-corrected chi connectivity index (χ2v) is 6.74. The van der Waals surface area contributed by atoms with Gasteiger partial charge in [0.15, 0.2) is 6.61 Å². The Morgan fingerprint density at radius 2 is 1.93 bits per heavy atom. The zero-order valence-corrected chi connectivity index (χ0v) is 14.9. The first-order valence-electron chi connectivity index (χ1n) is 8.05. The van der Waals surface area contributed by atoms with Gasteiger partial charge in [-0.3, -0.25) is 25.2 Å². The van der Waals surface area contributed by atoms with Crippen molar-refractivity contribution in [3.63, 3.8) is 0 Å². The van der Waals surface area contributed by atoms with E-state index in [0.29, 0.717) is 23.6 Å². The summed E-state index contributed by atoms with van der Waals surface area (Å²) < 4.78 is 18.0. The summed E-state index contributed by atoms with van der Waals surface area (Å²) in [5.74, 6) is -0.617. The Labute approximate surface area is 158 Å². The van der Waals surface area contributed by atoms with Crippen molar-refractivity contribution in [1.29, 1.82) is 0 Å². The molecule has 3 amide bonds. The molecule has 1 aliphatic heterocycles. The molecule has 27 heavy (non-hydrogen) atoms. The van der Waals surface area contributed by atoms with Crippen molar-refractivity contribution < 1.29 is 23.5 Å². The van der Waals surface area contributed by atoms with Crippen LogP contribution in [0.25, 0.3) is 0 Å². The largest absolute Gasteiger partial charge is 0.484 e. The van der Waals surface area contributed by atoms with Gasteiger partial charge in [-0.15, -0.1) is 11.8 Å². The number of nitrogens with one attached hydrogen (secondary N) is 3. The molecule has 0 saturated carbocycles. The normalized spacial score (nSPS) is 13.0. The molecule has 7 nitrogen and oxygen atoms in total. The monoisotopic (exact) mass is 389 g/mol. The van der Waals surface area contributed by atoms with Gasteiger partial charge >= 0.3 is 0 Å². The molecule has 140 valence electrons. The average Bonchev–Trinajstić information content (AvgIpc) is 2.85. The van der Waals surface area contributed by atoms with Gasteiger partial charge in [0.1, 0.15) is 11.6 Å². The Morgan fingerprint density at radius 1 is 1.15 bits per heavy atom. The van der Waals surface area contributed by atoms with Crippen LogP contribution in [-0.2, 0) is 9.59 Å². The summed E-state index contributed by atoms with van der Waals surface area (Å²) in [4.78, 5) is 36.5. The summed E-state index contributed by atoms with van der Waals surface area (Å²) >= 11 is 1.53. The Morgan fingerprint density at radius 3 is 2.70 bits per heavy atom. The van der Waals surface area contributed by atoms with Crippen LogP contribution in [0.2, 0.25) is 0 Å². The summed E-state index contributed by atoms with van der Waals surface area (Å²) in [6.45, 7) is -0.344. The molecule has 0 radical (unpaired) electrons. The number of anilines is 1. The molecule has 0 aliphatic carbocycles. The minimum absolute atomic E-state index is 0.106. The summed E-state index contributed by atoms with van der Waals surface area (Å²) in [6, 6.07) is 10.1. The number of fused-ring (bicyclic) bond motifs is 1. The second-order valence-electron chi connectivity index (χ2n) is 5.60. The minimum Gasteiger partial charge on any atom is -0.484 e. The number of hydrogen-bond acceptors (Lipinski definition) is 5. The third-order valence-corrected chi connectivity index (χ3v) is 4.68. The van der Waals surface area contributed by atoms with Gasteiger partial charge in [-0.05, 0) is 42.5 Å². The SMILES string of the molecule is O=C(COc1ccc(F)cc1)NNC(=O)c1ccc2c(c1)NC(=O)CCS2. The van der Waals surface area contributed by atoms with E-state index in [1.165, 1.54) is 36.0 Å². The second kappa shape index (κ2) is 8.54. The predicted molar refractivity (Wildman–Crippen MR) is 97.9 cm³/mol. The highest BCUT2D eigenvalue weighted by molar-refractivity contribution is 7.99. The Kier molecular flexibility index (Phi) is 5.92. The molecule has 0 unspecified atom stereocenters. The molecular weight excluding hydrogens is 373 g/mol. The van der Waals surface area contributed by atoms with Crippen LogP contribution < -0.4 is 20.9 Å². The fourth-order valence-electron chi connectivity index (χ4n) is 2.28. The molecule has 0 aromatic heterocycles. The molecule has 2 aromatic rings. The number of benzene rings is 2. The predicted octanol–water partition coefficient (Wildman–Crippen LogP) is 2.10. The zero-order chi connectivity index (χ0) is 19.2. The van der Waals surface area contributed by atoms with Crippen LogP contribution in [-0.4, -0.2) is 30.1 Å². The molecule has 0 atom stereocenters. The first kappa shape index (κ1) is 18.7. The summed E-state index contributed by atoms with van der Waals surface area (Å²) in [5.41, 5.74) is 5.37. The maximum atomic E-state index is 12.8. The minimum atomic E-state index is -0.578. The highest BCUT2D eigenvalue weighted by Gasteiger charge is 2.16. The number of carbonyl (C=O) groups excluding carboxylic acids is 3. The molecule has 1 aliphatic rings. The van der Waals surface area contributed by atoms with Gasteiger partial charge in [0, 0.05) is 22.6 Å². The lowest BCUT2D eigenvalue weighted by Gasteiger charge is -2.11. The van der Waals surface area contributed by atoms with E-state index in [1.807, 2.05) is 0 Å². The zero-order valence-electron chi connectivity index (χ0n) is 14.1. The molecule has 1 heterocycles. The molecule has 3 N–H and O–H groups in total. The standard InChI is InChI=1S/C18H16FN3O4S/c19-12-2-4-13(5-3-12)26-10-17(24)21-22-18(25)11-1-6-15-14(9-11)20-16(23)7-8-27-15/h1-6,9H,7-8,10H2,(H,20,23)(H,21,24)(H,22,25). The van der Waals surface area contributed by atoms with E-state index >= 15 is 0 Å². The molecule has 0 bridgehead atoms. The van der Waals surface area contributed by atoms with Crippen LogP contribution in [0.5, 0.6) is 5.75 Å². The maximum absolute atomic E-state index is 12.8. The van der Waals surface area contributed by atoms with Crippen LogP contribution in [0, 0.1) is 5.82 Å². The van der Waals surface area contributed by atoms with Gasteiger partial charge in [-0.1, -0.05) is 0 Å². The van der Waals surface area contributed by atoms with Crippen molar-refractivity contribution in [3.05, 3.63) is 53.8 Å². The number of ether oxygens (including phenoxy) is 1. The lowest BCUT2D eigenvalue weighted by Crippen LogP contribution is -2.43. The van der Waals surface area contributed by atoms with Crippen LogP contribution in [0.1, 0.15) is 16.8 Å². The van der Waals surface area contributed by atoms with Gasteiger partial charge in [-0.25, -0.2) is 4.39 Å². The highest BCUT2D eigenvalue weighted by atomic mass is 32.2. The Bertz CT molecular complexity index is 873. The molecule has 3 rings (SSSR count). The van der Waals surface area contributed by atoms with Gasteiger partial charge in [0.25, 0.3) is 11.8 Å². The number of thioether (sulfide) groups is 1. The van der Waals surface area contributed by atoms with Crippen LogP contribution in [0.15, 0.2) is 47.4 Å². The van der Waals surface area contributed by atoms with Gasteiger partial charge in [-0.2, -0.15) is 0 Å². The summed E-state index contributed by atoms with van der Waals surface area (Å²) in [5, 5.41) is 2.75. The smallest absolute Gasteiger partial charge is 0.276 e. The lowest BCUT2D eigenvalue weighted by atomic mass is 10.2. The first-order valence-corrected chi connectivity index (χ1v) is 9.04. The topological polar surface area (TPSA) is 96.5 Å². The summed E-state index contributed by atoms with van der Waals surface area (Å²) in [6.07, 6.45) is 0.408. The van der Waals surface area contributed by atoms with E-state index < -0.39 is 17.6 Å². The molecular formula is C18H16FN3O4S. The third kappa shape index (κ3) is 5.20. The summed E-state index contributed by atoms with van der Waals surface area (Å²) in [7, 11) is 0. The van der Waals surface area contributed by atoms with E-state index in [-0.39, 0.29) is 18.1 Å². The van der Waals surface area contributed by atoms with Crippen molar-refractivity contribution in [2.45, 2.75) is 11.3 Å². The number of rotatable bonds is 4. The lowest BCUT2D eigenvalue weighted by molar-refractivity contribution is -0.123. The van der Waals surface area contributed by atoms with Crippen LogP contribution >= 0.6 is 11.8 Å². The third-order valence-electron chi connectivity index (χ3n) is 3.60. The van der Waals surface area contributed by atoms with Crippen molar-refractivity contribution >= 4 is 35.2 Å². The fraction of sp³-hybridized carbons (Fsp3) is 0.167.